The highest BCUT2D eigenvalue weighted by atomic mass is 127. The Kier molecular flexibility index (Phi) is 12.5. The number of hydrogen-bond donors (Lipinski definition) is 2. The van der Waals surface area contributed by atoms with Crippen LogP contribution in [0.3, 0.4) is 0 Å². The number of hydrogen-bond acceptors (Lipinski definition) is 4. The van der Waals surface area contributed by atoms with Gasteiger partial charge in [0.05, 0.1) is 18.6 Å². The molecule has 0 unspecified atom stereocenters. The van der Waals surface area contributed by atoms with Gasteiger partial charge in [0.25, 0.3) is 0 Å². The average molecular weight is 560 g/mol. The number of ether oxygens (including phenoxy) is 1. The maximum absolute atomic E-state index is 12.3. The smallest absolute Gasteiger partial charge is 0.191 e. The predicted octanol–water partition coefficient (Wildman–Crippen LogP) is 3.72. The number of aliphatic imine (C=N–C) groups is 1. The van der Waals surface area contributed by atoms with E-state index < -0.39 is 9.84 Å². The van der Waals surface area contributed by atoms with Crippen molar-refractivity contribution in [1.82, 2.24) is 10.6 Å². The maximum atomic E-state index is 12.3. The number of benzene rings is 2. The van der Waals surface area contributed by atoms with Crippen LogP contribution in [-0.2, 0) is 22.0 Å². The highest BCUT2D eigenvalue weighted by Crippen LogP contribution is 2.19. The molecule has 0 saturated heterocycles. The van der Waals surface area contributed by atoms with Crippen LogP contribution in [0.25, 0.3) is 0 Å². The molecule has 0 aromatic heterocycles. The molecule has 8 heteroatoms. The monoisotopic (exact) mass is 559 g/mol. The molecule has 2 rings (SSSR count). The van der Waals surface area contributed by atoms with E-state index in [1.807, 2.05) is 49.4 Å². The van der Waals surface area contributed by atoms with E-state index in [1.54, 1.807) is 7.11 Å². The van der Waals surface area contributed by atoms with Crippen LogP contribution in [0.15, 0.2) is 53.5 Å². The van der Waals surface area contributed by atoms with Gasteiger partial charge in [0, 0.05) is 19.6 Å². The first-order valence-electron chi connectivity index (χ1n) is 10.3. The summed E-state index contributed by atoms with van der Waals surface area (Å²) in [4.78, 5) is 4.51. The Morgan fingerprint density at radius 3 is 2.52 bits per heavy atom. The summed E-state index contributed by atoms with van der Waals surface area (Å²) in [5.41, 5.74) is 3.17. The van der Waals surface area contributed by atoms with Crippen molar-refractivity contribution in [1.29, 1.82) is 0 Å². The van der Waals surface area contributed by atoms with E-state index >= 15 is 0 Å². The summed E-state index contributed by atoms with van der Waals surface area (Å²) in [6.45, 7) is 5.97. The van der Waals surface area contributed by atoms with Crippen LogP contribution in [0.4, 0.5) is 0 Å². The first-order chi connectivity index (χ1) is 14.4. The van der Waals surface area contributed by atoms with Crippen LogP contribution >= 0.6 is 24.0 Å². The lowest BCUT2D eigenvalue weighted by molar-refractivity contribution is 0.409. The highest BCUT2D eigenvalue weighted by Gasteiger charge is 2.11. The lowest BCUT2D eigenvalue weighted by Crippen LogP contribution is -2.38. The Labute approximate surface area is 203 Å². The molecule has 0 fully saturated rings. The first kappa shape index (κ1) is 27.2. The van der Waals surface area contributed by atoms with Gasteiger partial charge in [-0.2, -0.15) is 0 Å². The molecule has 0 aliphatic rings. The van der Waals surface area contributed by atoms with E-state index in [4.69, 9.17) is 4.74 Å². The zero-order chi connectivity index (χ0) is 21.8. The molecule has 2 aromatic carbocycles. The lowest BCUT2D eigenvalue weighted by Gasteiger charge is -2.13. The van der Waals surface area contributed by atoms with Gasteiger partial charge in [0.1, 0.15) is 5.75 Å². The number of sulfone groups is 1. The van der Waals surface area contributed by atoms with E-state index in [0.29, 0.717) is 25.5 Å². The van der Waals surface area contributed by atoms with Crippen molar-refractivity contribution in [2.45, 2.75) is 32.4 Å². The molecular weight excluding hydrogens is 525 g/mol. The minimum Gasteiger partial charge on any atom is -0.496 e. The third kappa shape index (κ3) is 10.4. The summed E-state index contributed by atoms with van der Waals surface area (Å²) in [6.07, 6.45) is 1.30. The zero-order valence-corrected chi connectivity index (χ0v) is 21.7. The summed E-state index contributed by atoms with van der Waals surface area (Å²) < 4.78 is 30.0. The molecule has 0 aliphatic heterocycles. The molecule has 172 valence electrons. The van der Waals surface area contributed by atoms with Crippen molar-refractivity contribution in [2.75, 3.05) is 32.5 Å². The molecule has 0 spiro atoms. The fraction of sp³-hybridized carbons (Fsp3) is 0.435. The minimum atomic E-state index is -3.13. The van der Waals surface area contributed by atoms with Crippen LogP contribution in [-0.4, -0.2) is 46.9 Å². The molecule has 0 aliphatic carbocycles. The number of methoxy groups -OCH3 is 1. The molecular formula is C23H34IN3O3S. The van der Waals surface area contributed by atoms with Crippen LogP contribution in [0.1, 0.15) is 30.0 Å². The highest BCUT2D eigenvalue weighted by molar-refractivity contribution is 14.0. The molecule has 0 bridgehead atoms. The molecule has 0 atom stereocenters. The molecule has 0 heterocycles. The van der Waals surface area contributed by atoms with Crippen molar-refractivity contribution in [3.05, 3.63) is 65.2 Å². The molecule has 6 nitrogen and oxygen atoms in total. The van der Waals surface area contributed by atoms with E-state index in [1.165, 1.54) is 5.56 Å². The predicted molar refractivity (Wildman–Crippen MR) is 139 cm³/mol. The van der Waals surface area contributed by atoms with Gasteiger partial charge in [-0.05, 0) is 43.9 Å². The van der Waals surface area contributed by atoms with Gasteiger partial charge in [-0.3, -0.25) is 4.99 Å². The summed E-state index contributed by atoms with van der Waals surface area (Å²) in [5, 5.41) is 6.52. The fourth-order valence-corrected chi connectivity index (χ4v) is 4.55. The normalized spacial score (nSPS) is 11.5. The zero-order valence-electron chi connectivity index (χ0n) is 18.6. The summed E-state index contributed by atoms with van der Waals surface area (Å²) in [7, 11) is -1.45. The van der Waals surface area contributed by atoms with Gasteiger partial charge >= 0.3 is 0 Å². The van der Waals surface area contributed by atoms with E-state index in [0.717, 1.165) is 29.8 Å². The summed E-state index contributed by atoms with van der Waals surface area (Å²) in [6, 6.07) is 15.4. The Balaban J connectivity index is 0.00000480. The van der Waals surface area contributed by atoms with Gasteiger partial charge in [0.15, 0.2) is 15.8 Å². The number of aryl methyl sites for hydroxylation is 1. The standard InChI is InChI=1S/C23H33N3O3S.HI/c1-4-24-23(26-15-13-21-17-19(2)11-12-22(21)29-3)25-14-8-16-30(27,28)18-20-9-6-5-7-10-20;/h5-7,9-12,17H,4,8,13-16,18H2,1-3H3,(H2,24,25,26);1H. The maximum Gasteiger partial charge on any atom is 0.191 e. The second-order valence-electron chi connectivity index (χ2n) is 7.18. The van der Waals surface area contributed by atoms with Gasteiger partial charge in [-0.25, -0.2) is 8.42 Å². The molecule has 0 saturated carbocycles. The lowest BCUT2D eigenvalue weighted by atomic mass is 10.1. The van der Waals surface area contributed by atoms with E-state index in [2.05, 4.69) is 28.6 Å². The van der Waals surface area contributed by atoms with Gasteiger partial charge in [0.2, 0.25) is 0 Å². The van der Waals surface area contributed by atoms with Crippen molar-refractivity contribution < 1.29 is 13.2 Å². The van der Waals surface area contributed by atoms with Gasteiger partial charge in [-0.15, -0.1) is 24.0 Å². The largest absolute Gasteiger partial charge is 0.496 e. The number of nitrogens with zero attached hydrogens (tertiary/aromatic N) is 1. The Morgan fingerprint density at radius 2 is 1.84 bits per heavy atom. The molecule has 31 heavy (non-hydrogen) atoms. The quantitative estimate of drug-likeness (QED) is 0.190. The van der Waals surface area contributed by atoms with Crippen LogP contribution in [0, 0.1) is 6.92 Å². The molecule has 0 radical (unpaired) electrons. The third-order valence-corrected chi connectivity index (χ3v) is 6.26. The second-order valence-corrected chi connectivity index (χ2v) is 9.37. The topological polar surface area (TPSA) is 79.8 Å². The number of rotatable bonds is 11. The molecule has 2 N–H and O–H groups in total. The second kappa shape index (κ2) is 14.3. The van der Waals surface area contributed by atoms with Crippen molar-refractivity contribution in [3.63, 3.8) is 0 Å². The third-order valence-electron chi connectivity index (χ3n) is 4.58. The number of guanidine groups is 1. The summed E-state index contributed by atoms with van der Waals surface area (Å²) in [5.74, 6) is 1.79. The van der Waals surface area contributed by atoms with Gasteiger partial charge in [-0.1, -0.05) is 48.0 Å². The van der Waals surface area contributed by atoms with Crippen LogP contribution in [0.5, 0.6) is 5.75 Å². The number of halogens is 1. The average Bonchev–Trinajstić information content (AvgIpc) is 2.72. The SMILES string of the molecule is CCNC(=NCCCS(=O)(=O)Cc1ccccc1)NCCc1cc(C)ccc1OC.I. The molecule has 2 aromatic rings. The Bertz CT molecular complexity index is 919. The Hall–Kier alpha value is -1.81. The van der Waals surface area contributed by atoms with Crippen LogP contribution < -0.4 is 15.4 Å². The summed E-state index contributed by atoms with van der Waals surface area (Å²) >= 11 is 0. The minimum absolute atomic E-state index is 0. The van der Waals surface area contributed by atoms with E-state index in [9.17, 15) is 8.42 Å². The van der Waals surface area contributed by atoms with Crippen molar-refractivity contribution in [2.24, 2.45) is 4.99 Å². The molecule has 0 amide bonds. The Morgan fingerprint density at radius 1 is 1.10 bits per heavy atom. The fourth-order valence-electron chi connectivity index (χ4n) is 3.14. The van der Waals surface area contributed by atoms with Gasteiger partial charge < -0.3 is 15.4 Å². The number of nitrogens with one attached hydrogen (secondary N) is 2. The first-order valence-corrected chi connectivity index (χ1v) is 12.2. The van der Waals surface area contributed by atoms with Crippen molar-refractivity contribution >= 4 is 39.8 Å². The van der Waals surface area contributed by atoms with E-state index in [-0.39, 0.29) is 35.5 Å². The van der Waals surface area contributed by atoms with Crippen molar-refractivity contribution in [3.8, 4) is 5.75 Å². The van der Waals surface area contributed by atoms with Crippen LogP contribution in [0.2, 0.25) is 0 Å².